The summed E-state index contributed by atoms with van der Waals surface area (Å²) in [5.74, 6) is 1.58. The van der Waals surface area contributed by atoms with Crippen LogP contribution in [0.4, 0.5) is 0 Å². The molecule has 0 aliphatic carbocycles. The molecule has 1 N–H and O–H groups in total. The average Bonchev–Trinajstić information content (AvgIpc) is 2.48. The van der Waals surface area contributed by atoms with Crippen molar-refractivity contribution < 1.29 is 9.47 Å². The van der Waals surface area contributed by atoms with E-state index in [0.717, 1.165) is 23.6 Å². The molecule has 0 aromatic heterocycles. The van der Waals surface area contributed by atoms with Gasteiger partial charge in [0.2, 0.25) is 0 Å². The second-order valence-electron chi connectivity index (χ2n) is 4.52. The molecule has 0 saturated heterocycles. The van der Waals surface area contributed by atoms with E-state index in [1.807, 2.05) is 38.2 Å². The van der Waals surface area contributed by atoms with Crippen LogP contribution in [-0.4, -0.2) is 13.7 Å². The molecule has 2 aromatic carbocycles. The van der Waals surface area contributed by atoms with Crippen molar-refractivity contribution in [1.82, 2.24) is 5.32 Å². The molecule has 20 heavy (non-hydrogen) atoms. The zero-order valence-electron chi connectivity index (χ0n) is 12.1. The first-order chi connectivity index (χ1) is 9.83. The van der Waals surface area contributed by atoms with Gasteiger partial charge >= 0.3 is 0 Å². The Balaban J connectivity index is 1.97. The first-order valence-electron chi connectivity index (χ1n) is 6.90. The molecular weight excluding hydrogens is 250 g/mol. The molecule has 0 aliphatic rings. The first-order valence-corrected chi connectivity index (χ1v) is 6.90. The van der Waals surface area contributed by atoms with Gasteiger partial charge in [-0.05, 0) is 37.2 Å². The number of hydrogen-bond donors (Lipinski definition) is 1. The molecule has 3 nitrogen and oxygen atoms in total. The molecule has 0 amide bonds. The summed E-state index contributed by atoms with van der Waals surface area (Å²) < 4.78 is 11.4. The number of ether oxygens (including phenoxy) is 2. The lowest BCUT2D eigenvalue weighted by atomic mass is 10.1. The zero-order valence-corrected chi connectivity index (χ0v) is 12.1. The Morgan fingerprint density at radius 2 is 1.45 bits per heavy atom. The van der Waals surface area contributed by atoms with Crippen molar-refractivity contribution in [3.8, 4) is 11.5 Å². The smallest absolute Gasteiger partial charge is 0.161 e. The molecule has 0 spiro atoms. The predicted octanol–water partition coefficient (Wildman–Crippen LogP) is 3.38. The van der Waals surface area contributed by atoms with Gasteiger partial charge in [0.05, 0.1) is 6.61 Å². The van der Waals surface area contributed by atoms with Crippen molar-refractivity contribution in [3.05, 3.63) is 59.7 Å². The Kier molecular flexibility index (Phi) is 5.44. The second-order valence-corrected chi connectivity index (χ2v) is 4.52. The lowest BCUT2D eigenvalue weighted by Crippen LogP contribution is -2.05. The van der Waals surface area contributed by atoms with Crippen LogP contribution in [0.3, 0.4) is 0 Å². The Hall–Kier alpha value is -2.00. The van der Waals surface area contributed by atoms with E-state index in [1.165, 1.54) is 5.56 Å². The van der Waals surface area contributed by atoms with Gasteiger partial charge in [-0.1, -0.05) is 36.4 Å². The maximum absolute atomic E-state index is 5.83. The van der Waals surface area contributed by atoms with Crippen molar-refractivity contribution in [1.29, 1.82) is 0 Å². The molecule has 3 heteroatoms. The minimum atomic E-state index is 0.546. The molecule has 0 bridgehead atoms. The van der Waals surface area contributed by atoms with Crippen molar-refractivity contribution in [3.63, 3.8) is 0 Å². The summed E-state index contributed by atoms with van der Waals surface area (Å²) in [7, 11) is 1.95. The molecule has 0 unspecified atom stereocenters. The van der Waals surface area contributed by atoms with Crippen molar-refractivity contribution in [2.75, 3.05) is 13.7 Å². The number of benzene rings is 2. The van der Waals surface area contributed by atoms with Gasteiger partial charge in [-0.3, -0.25) is 0 Å². The molecule has 0 heterocycles. The predicted molar refractivity (Wildman–Crippen MR) is 81.1 cm³/mol. The van der Waals surface area contributed by atoms with E-state index in [2.05, 4.69) is 29.6 Å². The quantitative estimate of drug-likeness (QED) is 0.837. The lowest BCUT2D eigenvalue weighted by molar-refractivity contribution is 0.269. The van der Waals surface area contributed by atoms with Crippen molar-refractivity contribution >= 4 is 0 Å². The Labute approximate surface area is 120 Å². The van der Waals surface area contributed by atoms with Gasteiger partial charge in [-0.2, -0.15) is 0 Å². The summed E-state index contributed by atoms with van der Waals surface area (Å²) in [6.45, 7) is 4.04. The molecule has 2 aromatic rings. The highest BCUT2D eigenvalue weighted by atomic mass is 16.5. The summed E-state index contributed by atoms with van der Waals surface area (Å²) in [4.78, 5) is 0. The van der Waals surface area contributed by atoms with E-state index in [9.17, 15) is 0 Å². The SMILES string of the molecule is CCOc1ccccc1OCc1ccc(CNC)cc1. The van der Waals surface area contributed by atoms with Gasteiger partial charge in [0.1, 0.15) is 6.61 Å². The van der Waals surface area contributed by atoms with E-state index < -0.39 is 0 Å². The highest BCUT2D eigenvalue weighted by Crippen LogP contribution is 2.27. The topological polar surface area (TPSA) is 30.5 Å². The van der Waals surface area contributed by atoms with Crippen LogP contribution >= 0.6 is 0 Å². The van der Waals surface area contributed by atoms with Crippen LogP contribution in [0.15, 0.2) is 48.5 Å². The third-order valence-corrected chi connectivity index (χ3v) is 2.95. The third kappa shape index (κ3) is 4.00. The van der Waals surface area contributed by atoms with E-state index in [0.29, 0.717) is 13.2 Å². The second kappa shape index (κ2) is 7.56. The summed E-state index contributed by atoms with van der Waals surface area (Å²) >= 11 is 0. The number of para-hydroxylation sites is 2. The van der Waals surface area contributed by atoms with E-state index in [4.69, 9.17) is 9.47 Å². The zero-order chi connectivity index (χ0) is 14.2. The number of nitrogens with one attached hydrogen (secondary N) is 1. The minimum Gasteiger partial charge on any atom is -0.490 e. The fourth-order valence-electron chi connectivity index (χ4n) is 1.96. The highest BCUT2D eigenvalue weighted by Gasteiger charge is 2.03. The van der Waals surface area contributed by atoms with Crippen LogP contribution in [0.1, 0.15) is 18.1 Å². The summed E-state index contributed by atoms with van der Waals surface area (Å²) in [6.07, 6.45) is 0. The molecule has 0 atom stereocenters. The summed E-state index contributed by atoms with van der Waals surface area (Å²) in [6, 6.07) is 16.2. The Morgan fingerprint density at radius 3 is 2.05 bits per heavy atom. The number of rotatable bonds is 7. The van der Waals surface area contributed by atoms with Crippen molar-refractivity contribution in [2.24, 2.45) is 0 Å². The first kappa shape index (κ1) is 14.4. The lowest BCUT2D eigenvalue weighted by Gasteiger charge is -2.11. The number of hydrogen-bond acceptors (Lipinski definition) is 3. The minimum absolute atomic E-state index is 0.546. The van der Waals surface area contributed by atoms with E-state index >= 15 is 0 Å². The van der Waals surface area contributed by atoms with Gasteiger partial charge < -0.3 is 14.8 Å². The van der Waals surface area contributed by atoms with Gasteiger partial charge in [-0.25, -0.2) is 0 Å². The van der Waals surface area contributed by atoms with Gasteiger partial charge in [0.15, 0.2) is 11.5 Å². The Bertz CT molecular complexity index is 523. The van der Waals surface area contributed by atoms with Crippen LogP contribution in [-0.2, 0) is 13.2 Å². The maximum Gasteiger partial charge on any atom is 0.161 e. The van der Waals surface area contributed by atoms with Gasteiger partial charge in [-0.15, -0.1) is 0 Å². The molecule has 0 fully saturated rings. The molecule has 0 radical (unpaired) electrons. The van der Waals surface area contributed by atoms with Crippen LogP contribution in [0.2, 0.25) is 0 Å². The standard InChI is InChI=1S/C17H21NO2/c1-3-19-16-6-4-5-7-17(16)20-13-15-10-8-14(9-11-15)12-18-2/h4-11,18H,3,12-13H2,1-2H3. The Morgan fingerprint density at radius 1 is 0.850 bits per heavy atom. The van der Waals surface area contributed by atoms with Crippen molar-refractivity contribution in [2.45, 2.75) is 20.1 Å². The molecular formula is C17H21NO2. The normalized spacial score (nSPS) is 10.3. The fourth-order valence-corrected chi connectivity index (χ4v) is 1.96. The van der Waals surface area contributed by atoms with Crippen LogP contribution in [0.25, 0.3) is 0 Å². The van der Waals surface area contributed by atoms with E-state index in [1.54, 1.807) is 0 Å². The van der Waals surface area contributed by atoms with E-state index in [-0.39, 0.29) is 0 Å². The summed E-state index contributed by atoms with van der Waals surface area (Å²) in [5, 5.41) is 3.14. The molecule has 0 aliphatic heterocycles. The van der Waals surface area contributed by atoms with Crippen LogP contribution in [0.5, 0.6) is 11.5 Å². The third-order valence-electron chi connectivity index (χ3n) is 2.95. The van der Waals surface area contributed by atoms with Gasteiger partial charge in [0, 0.05) is 6.54 Å². The average molecular weight is 271 g/mol. The largest absolute Gasteiger partial charge is 0.490 e. The molecule has 106 valence electrons. The van der Waals surface area contributed by atoms with Crippen LogP contribution < -0.4 is 14.8 Å². The molecule has 0 saturated carbocycles. The fraction of sp³-hybridized carbons (Fsp3) is 0.294. The molecule has 2 rings (SSSR count). The monoisotopic (exact) mass is 271 g/mol. The maximum atomic E-state index is 5.83. The van der Waals surface area contributed by atoms with Crippen LogP contribution in [0, 0.1) is 0 Å². The highest BCUT2D eigenvalue weighted by molar-refractivity contribution is 5.39. The van der Waals surface area contributed by atoms with Gasteiger partial charge in [0.25, 0.3) is 0 Å². The summed E-state index contributed by atoms with van der Waals surface area (Å²) in [5.41, 5.74) is 2.42.